The molecule has 2 nitrogen and oxygen atoms in total. The molecule has 0 bridgehead atoms. The number of hydrogen-bond donors (Lipinski definition) is 0. The summed E-state index contributed by atoms with van der Waals surface area (Å²) in [7, 11) is 0. The van der Waals surface area contributed by atoms with Crippen LogP contribution in [0.4, 0.5) is 0 Å². The van der Waals surface area contributed by atoms with Crippen molar-refractivity contribution >= 4 is 11.9 Å². The van der Waals surface area contributed by atoms with Gasteiger partial charge >= 0.3 is 0 Å². The maximum Gasteiger partial charge on any atom is 0.146 e. The molecule has 0 radical (unpaired) electrons. The Morgan fingerprint density at radius 3 is 3.00 bits per heavy atom. The Morgan fingerprint density at radius 1 is 1.00 bits per heavy atom. The molecule has 0 saturated heterocycles. The van der Waals surface area contributed by atoms with Gasteiger partial charge in [-0.05, 0) is 29.9 Å². The predicted octanol–water partition coefficient (Wildman–Crippen LogP) is 2.39. The topological polar surface area (TPSA) is 24.7 Å². The molecule has 0 aromatic carbocycles. The van der Waals surface area contributed by atoms with Gasteiger partial charge in [0.2, 0.25) is 0 Å². The predicted molar refractivity (Wildman–Crippen MR) is 63.3 cm³/mol. The second-order valence-electron chi connectivity index (χ2n) is 3.60. The van der Waals surface area contributed by atoms with Crippen LogP contribution < -0.4 is 0 Å². The fourth-order valence-corrected chi connectivity index (χ4v) is 2.01. The quantitative estimate of drug-likeness (QED) is 0.565. The highest BCUT2D eigenvalue weighted by atomic mass is 14.9. The summed E-state index contributed by atoms with van der Waals surface area (Å²) in [5.41, 5.74) is 1.76. The Morgan fingerprint density at radius 2 is 2.00 bits per heavy atom. The van der Waals surface area contributed by atoms with Gasteiger partial charge in [0, 0.05) is 12.4 Å². The third kappa shape index (κ3) is 1.11. The normalized spacial score (nSPS) is 30.4. The zero-order valence-electron chi connectivity index (χ0n) is 8.17. The molecule has 15 heavy (non-hydrogen) atoms. The Kier molecular flexibility index (Phi) is 1.68. The summed E-state index contributed by atoms with van der Waals surface area (Å²) in [5.74, 6) is 0. The van der Waals surface area contributed by atoms with Crippen LogP contribution in [0.3, 0.4) is 0 Å². The third-order valence-electron chi connectivity index (χ3n) is 2.75. The van der Waals surface area contributed by atoms with Gasteiger partial charge in [-0.25, -0.2) is 0 Å². The molecule has 1 spiro atoms. The van der Waals surface area contributed by atoms with Gasteiger partial charge < -0.3 is 0 Å². The van der Waals surface area contributed by atoms with E-state index >= 15 is 0 Å². The fraction of sp³-hybridized carbons (Fsp3) is 0.0769. The molecule has 0 aromatic rings. The van der Waals surface area contributed by atoms with E-state index in [1.165, 1.54) is 0 Å². The zero-order chi connectivity index (χ0) is 10.1. The maximum atomic E-state index is 4.58. The highest BCUT2D eigenvalue weighted by molar-refractivity contribution is 6.10. The van der Waals surface area contributed by atoms with Crippen LogP contribution in [0.15, 0.2) is 70.4 Å². The number of allylic oxidation sites excluding steroid dienone is 5. The monoisotopic (exact) mass is 194 g/mol. The molecule has 0 fully saturated rings. The minimum atomic E-state index is -0.382. The number of hydrogen-bond acceptors (Lipinski definition) is 2. The lowest BCUT2D eigenvalue weighted by Gasteiger charge is -2.30. The first kappa shape index (κ1) is 8.36. The lowest BCUT2D eigenvalue weighted by atomic mass is 9.81. The van der Waals surface area contributed by atoms with Crippen LogP contribution >= 0.6 is 0 Å². The van der Waals surface area contributed by atoms with Crippen LogP contribution in [0.2, 0.25) is 0 Å². The molecule has 1 aliphatic carbocycles. The molecule has 3 rings (SSSR count). The van der Waals surface area contributed by atoms with Crippen LogP contribution in [0.5, 0.6) is 0 Å². The van der Waals surface area contributed by atoms with Crippen LogP contribution in [0.25, 0.3) is 0 Å². The largest absolute Gasteiger partial charge is 0.271 e. The summed E-state index contributed by atoms with van der Waals surface area (Å²) in [6, 6.07) is 0. The average Bonchev–Trinajstić information content (AvgIpc) is 2.47. The molecule has 1 unspecified atom stereocenters. The lowest BCUT2D eigenvalue weighted by molar-refractivity contribution is 0.838. The van der Waals surface area contributed by atoms with Crippen molar-refractivity contribution in [2.75, 3.05) is 0 Å². The summed E-state index contributed by atoms with van der Waals surface area (Å²) in [6.45, 7) is 0. The van der Waals surface area contributed by atoms with Gasteiger partial charge in [0.15, 0.2) is 0 Å². The molecule has 0 amide bonds. The second kappa shape index (κ2) is 3.02. The lowest BCUT2D eigenvalue weighted by Crippen LogP contribution is -2.37. The molecule has 0 saturated carbocycles. The van der Waals surface area contributed by atoms with E-state index in [1.54, 1.807) is 0 Å². The Balaban J connectivity index is 2.27. The molecule has 72 valence electrons. The van der Waals surface area contributed by atoms with E-state index < -0.39 is 0 Å². The standard InChI is InChI=1S/C13H10N2/c1-2-8-13-11(6-4-10-15-13)5-3-9-14-12(13)7-1/h1-10H. The van der Waals surface area contributed by atoms with E-state index in [0.29, 0.717) is 0 Å². The van der Waals surface area contributed by atoms with Gasteiger partial charge in [-0.3, -0.25) is 9.98 Å². The molecular formula is C13H10N2. The highest BCUT2D eigenvalue weighted by Crippen LogP contribution is 2.33. The Labute approximate surface area is 88.4 Å². The number of nitrogens with zero attached hydrogens (tertiary/aromatic N) is 2. The van der Waals surface area contributed by atoms with E-state index in [9.17, 15) is 0 Å². The molecule has 0 N–H and O–H groups in total. The average molecular weight is 194 g/mol. The molecule has 2 heterocycles. The summed E-state index contributed by atoms with van der Waals surface area (Å²) >= 11 is 0. The highest BCUT2D eigenvalue weighted by Gasteiger charge is 2.36. The van der Waals surface area contributed by atoms with Crippen molar-refractivity contribution in [1.82, 2.24) is 0 Å². The van der Waals surface area contributed by atoms with Crippen molar-refractivity contribution in [2.24, 2.45) is 9.98 Å². The van der Waals surface area contributed by atoms with Gasteiger partial charge in [0.25, 0.3) is 0 Å². The third-order valence-corrected chi connectivity index (χ3v) is 2.75. The molecular weight excluding hydrogens is 184 g/mol. The van der Waals surface area contributed by atoms with Crippen molar-refractivity contribution in [3.63, 3.8) is 0 Å². The summed E-state index contributed by atoms with van der Waals surface area (Å²) in [6.07, 6.45) is 19.8. The maximum absolute atomic E-state index is 4.58. The molecule has 3 aliphatic rings. The first-order valence-electron chi connectivity index (χ1n) is 4.95. The van der Waals surface area contributed by atoms with Gasteiger partial charge in [0.1, 0.15) is 5.54 Å². The first-order chi connectivity index (χ1) is 7.42. The molecule has 0 aromatic heterocycles. The van der Waals surface area contributed by atoms with Gasteiger partial charge in [-0.15, -0.1) is 0 Å². The molecule has 2 aliphatic heterocycles. The Bertz CT molecular complexity index is 451. The number of rotatable bonds is 0. The van der Waals surface area contributed by atoms with Crippen molar-refractivity contribution in [1.29, 1.82) is 0 Å². The van der Waals surface area contributed by atoms with Crippen molar-refractivity contribution in [3.05, 3.63) is 60.4 Å². The van der Waals surface area contributed by atoms with Crippen molar-refractivity contribution < 1.29 is 0 Å². The van der Waals surface area contributed by atoms with E-state index in [0.717, 1.165) is 11.3 Å². The van der Waals surface area contributed by atoms with E-state index in [1.807, 2.05) is 42.8 Å². The Hall–Kier alpha value is -1.96. The molecule has 2 heteroatoms. The van der Waals surface area contributed by atoms with E-state index in [2.05, 4.69) is 28.2 Å². The SMILES string of the molecule is C1=CN=C2C=CC=CC23N=CC=CC3=C1. The summed E-state index contributed by atoms with van der Waals surface area (Å²) in [4.78, 5) is 8.99. The minimum absolute atomic E-state index is 0.382. The first-order valence-corrected chi connectivity index (χ1v) is 4.95. The molecule has 1 atom stereocenters. The number of aliphatic imine (C=N–C) groups is 2. The van der Waals surface area contributed by atoms with Crippen LogP contribution in [0.1, 0.15) is 0 Å². The van der Waals surface area contributed by atoms with Crippen LogP contribution in [0, 0.1) is 0 Å². The van der Waals surface area contributed by atoms with Crippen LogP contribution in [-0.2, 0) is 0 Å². The van der Waals surface area contributed by atoms with E-state index in [-0.39, 0.29) is 5.54 Å². The minimum Gasteiger partial charge on any atom is -0.271 e. The van der Waals surface area contributed by atoms with Crippen molar-refractivity contribution in [3.8, 4) is 0 Å². The van der Waals surface area contributed by atoms with Gasteiger partial charge in [0.05, 0.1) is 5.71 Å². The summed E-state index contributed by atoms with van der Waals surface area (Å²) in [5, 5.41) is 0. The van der Waals surface area contributed by atoms with Crippen LogP contribution in [-0.4, -0.2) is 17.5 Å². The summed E-state index contributed by atoms with van der Waals surface area (Å²) < 4.78 is 0. The fourth-order valence-electron chi connectivity index (χ4n) is 2.01. The van der Waals surface area contributed by atoms with Gasteiger partial charge in [-0.2, -0.15) is 0 Å². The van der Waals surface area contributed by atoms with E-state index in [4.69, 9.17) is 0 Å². The second-order valence-corrected chi connectivity index (χ2v) is 3.60. The zero-order valence-corrected chi connectivity index (χ0v) is 8.17. The number of dihydropyridines is 1. The van der Waals surface area contributed by atoms with Crippen molar-refractivity contribution in [2.45, 2.75) is 5.54 Å². The van der Waals surface area contributed by atoms with Gasteiger partial charge in [-0.1, -0.05) is 24.3 Å². The smallest absolute Gasteiger partial charge is 0.146 e.